The second kappa shape index (κ2) is 7.39. The van der Waals surface area contributed by atoms with Crippen LogP contribution in [0.25, 0.3) is 22.0 Å². The van der Waals surface area contributed by atoms with E-state index in [1.54, 1.807) is 7.11 Å². The van der Waals surface area contributed by atoms with Gasteiger partial charge in [-0.15, -0.1) is 10.2 Å². The van der Waals surface area contributed by atoms with Crippen LogP contribution in [0.5, 0.6) is 5.75 Å². The molecule has 0 saturated heterocycles. The summed E-state index contributed by atoms with van der Waals surface area (Å²) in [6, 6.07) is 11.6. The average molecular weight is 350 g/mol. The number of nitrogens with zero attached hydrogens (tertiary/aromatic N) is 2. The molecule has 1 aromatic heterocycles. The van der Waals surface area contributed by atoms with Crippen LogP contribution in [-0.4, -0.2) is 29.8 Å². The molecule has 6 heteroatoms. The van der Waals surface area contributed by atoms with Crippen molar-refractivity contribution in [2.45, 2.75) is 20.3 Å². The molecule has 0 aliphatic rings. The third kappa shape index (κ3) is 3.18. The zero-order chi connectivity index (χ0) is 18.7. The highest BCUT2D eigenvalue weighted by Gasteiger charge is 2.18. The van der Waals surface area contributed by atoms with Crippen LogP contribution in [0.1, 0.15) is 29.4 Å². The number of rotatable bonds is 5. The van der Waals surface area contributed by atoms with Gasteiger partial charge in [0, 0.05) is 23.1 Å². The van der Waals surface area contributed by atoms with Gasteiger partial charge in [0.1, 0.15) is 11.3 Å². The minimum absolute atomic E-state index is 0.152. The fraction of sp³-hybridized carbons (Fsp3) is 0.250. The largest absolute Gasteiger partial charge is 0.496 e. The lowest BCUT2D eigenvalue weighted by atomic mass is 9.99. The highest BCUT2D eigenvalue weighted by Crippen LogP contribution is 2.36. The van der Waals surface area contributed by atoms with Crippen molar-refractivity contribution in [1.82, 2.24) is 15.5 Å². The van der Waals surface area contributed by atoms with Crippen LogP contribution >= 0.6 is 0 Å². The maximum Gasteiger partial charge on any atom is 0.273 e. The SMILES string of the molecule is CCCNC(=O)c1nnc2c(-c3cc(C)ccc3OC)cccc2c1N. The Morgan fingerprint density at radius 3 is 2.73 bits per heavy atom. The van der Waals surface area contributed by atoms with Crippen LogP contribution in [0.3, 0.4) is 0 Å². The smallest absolute Gasteiger partial charge is 0.273 e. The van der Waals surface area contributed by atoms with Gasteiger partial charge in [0.05, 0.1) is 12.8 Å². The highest BCUT2D eigenvalue weighted by molar-refractivity contribution is 6.07. The third-order valence-electron chi connectivity index (χ3n) is 4.23. The quantitative estimate of drug-likeness (QED) is 0.736. The number of amides is 1. The van der Waals surface area contributed by atoms with Gasteiger partial charge in [-0.1, -0.05) is 36.8 Å². The number of benzene rings is 2. The molecule has 3 rings (SSSR count). The Balaban J connectivity index is 2.17. The van der Waals surface area contributed by atoms with Gasteiger partial charge in [0.15, 0.2) is 5.69 Å². The van der Waals surface area contributed by atoms with Crippen LogP contribution in [0.4, 0.5) is 5.69 Å². The molecule has 6 nitrogen and oxygen atoms in total. The number of hydrogen-bond acceptors (Lipinski definition) is 5. The van der Waals surface area contributed by atoms with Gasteiger partial charge >= 0.3 is 0 Å². The molecule has 0 atom stereocenters. The predicted octanol–water partition coefficient (Wildman–Crippen LogP) is 3.34. The number of anilines is 1. The molecule has 0 aliphatic carbocycles. The van der Waals surface area contributed by atoms with E-state index in [2.05, 4.69) is 15.5 Å². The Morgan fingerprint density at radius 2 is 2.00 bits per heavy atom. The maximum absolute atomic E-state index is 12.3. The number of fused-ring (bicyclic) bond motifs is 1. The molecule has 3 aromatic rings. The Bertz CT molecular complexity index is 969. The molecule has 1 heterocycles. The van der Waals surface area contributed by atoms with Gasteiger partial charge in [0.25, 0.3) is 5.91 Å². The number of methoxy groups -OCH3 is 1. The van der Waals surface area contributed by atoms with E-state index in [1.807, 2.05) is 50.2 Å². The van der Waals surface area contributed by atoms with Crippen molar-refractivity contribution < 1.29 is 9.53 Å². The Labute approximate surface area is 152 Å². The van der Waals surface area contributed by atoms with Gasteiger partial charge < -0.3 is 15.8 Å². The topological polar surface area (TPSA) is 90.1 Å². The van der Waals surface area contributed by atoms with Crippen molar-refractivity contribution in [3.8, 4) is 16.9 Å². The van der Waals surface area contributed by atoms with E-state index in [-0.39, 0.29) is 11.6 Å². The lowest BCUT2D eigenvalue weighted by Crippen LogP contribution is -2.26. The molecule has 0 bridgehead atoms. The summed E-state index contributed by atoms with van der Waals surface area (Å²) in [7, 11) is 1.63. The summed E-state index contributed by atoms with van der Waals surface area (Å²) in [6.07, 6.45) is 0.837. The number of ether oxygens (including phenoxy) is 1. The van der Waals surface area contributed by atoms with E-state index < -0.39 is 0 Å². The first-order valence-electron chi connectivity index (χ1n) is 8.55. The van der Waals surface area contributed by atoms with E-state index in [9.17, 15) is 4.79 Å². The lowest BCUT2D eigenvalue weighted by molar-refractivity contribution is 0.0949. The first-order chi connectivity index (χ1) is 12.6. The zero-order valence-corrected chi connectivity index (χ0v) is 15.2. The molecule has 134 valence electrons. The monoisotopic (exact) mass is 350 g/mol. The summed E-state index contributed by atoms with van der Waals surface area (Å²) < 4.78 is 5.50. The second-order valence-electron chi connectivity index (χ2n) is 6.12. The number of nitrogen functional groups attached to an aromatic ring is 1. The zero-order valence-electron chi connectivity index (χ0n) is 15.2. The first kappa shape index (κ1) is 17.7. The van der Waals surface area contributed by atoms with Gasteiger partial charge in [0.2, 0.25) is 0 Å². The van der Waals surface area contributed by atoms with E-state index in [4.69, 9.17) is 10.5 Å². The van der Waals surface area contributed by atoms with Crippen LogP contribution in [0.15, 0.2) is 36.4 Å². The van der Waals surface area contributed by atoms with Gasteiger partial charge in [-0.3, -0.25) is 4.79 Å². The van der Waals surface area contributed by atoms with Crippen LogP contribution in [0, 0.1) is 6.92 Å². The van der Waals surface area contributed by atoms with E-state index >= 15 is 0 Å². The maximum atomic E-state index is 12.3. The number of aryl methyl sites for hydroxylation is 1. The molecule has 1 amide bonds. The normalized spacial score (nSPS) is 10.7. The first-order valence-corrected chi connectivity index (χ1v) is 8.55. The van der Waals surface area contributed by atoms with Crippen molar-refractivity contribution in [2.75, 3.05) is 19.4 Å². The van der Waals surface area contributed by atoms with Crippen molar-refractivity contribution in [3.63, 3.8) is 0 Å². The Hall–Kier alpha value is -3.15. The molecular formula is C20H22N4O2. The van der Waals surface area contributed by atoms with E-state index in [1.165, 1.54) is 0 Å². The van der Waals surface area contributed by atoms with Crippen LogP contribution in [0.2, 0.25) is 0 Å². The fourth-order valence-corrected chi connectivity index (χ4v) is 2.89. The molecule has 3 N–H and O–H groups in total. The summed E-state index contributed by atoms with van der Waals surface area (Å²) in [4.78, 5) is 12.3. The highest BCUT2D eigenvalue weighted by atomic mass is 16.5. The molecule has 0 spiro atoms. The summed E-state index contributed by atoms with van der Waals surface area (Å²) in [5, 5.41) is 11.9. The molecule has 0 aliphatic heterocycles. The fourth-order valence-electron chi connectivity index (χ4n) is 2.89. The number of aromatic nitrogens is 2. The minimum Gasteiger partial charge on any atom is -0.496 e. The lowest BCUT2D eigenvalue weighted by Gasteiger charge is -2.13. The van der Waals surface area contributed by atoms with Crippen molar-refractivity contribution >= 4 is 22.5 Å². The average Bonchev–Trinajstić information content (AvgIpc) is 2.66. The van der Waals surface area contributed by atoms with Crippen molar-refractivity contribution in [3.05, 3.63) is 47.7 Å². The molecule has 0 fully saturated rings. The van der Waals surface area contributed by atoms with Crippen molar-refractivity contribution in [2.24, 2.45) is 0 Å². The predicted molar refractivity (Wildman–Crippen MR) is 103 cm³/mol. The van der Waals surface area contributed by atoms with E-state index in [0.29, 0.717) is 23.1 Å². The van der Waals surface area contributed by atoms with Gasteiger partial charge in [-0.2, -0.15) is 0 Å². The molecular weight excluding hydrogens is 328 g/mol. The number of carbonyl (C=O) groups is 1. The molecule has 0 saturated carbocycles. The summed E-state index contributed by atoms with van der Waals surface area (Å²) >= 11 is 0. The molecule has 2 aromatic carbocycles. The molecule has 0 unspecified atom stereocenters. The standard InChI is InChI=1S/C20H22N4O2/c1-4-10-22-20(25)19-17(21)14-7-5-6-13(18(14)23-24-19)15-11-12(2)8-9-16(15)26-3/h5-9,11H,4,10H2,1-3H3,(H2,21,23)(H,22,25). The van der Waals surface area contributed by atoms with Crippen LogP contribution < -0.4 is 15.8 Å². The number of hydrogen-bond donors (Lipinski definition) is 2. The minimum atomic E-state index is -0.308. The Morgan fingerprint density at radius 1 is 1.19 bits per heavy atom. The van der Waals surface area contributed by atoms with Gasteiger partial charge in [-0.25, -0.2) is 0 Å². The van der Waals surface area contributed by atoms with Crippen molar-refractivity contribution in [1.29, 1.82) is 0 Å². The van der Waals surface area contributed by atoms with Gasteiger partial charge in [-0.05, 0) is 25.5 Å². The summed E-state index contributed by atoms with van der Waals surface area (Å²) in [6.45, 7) is 4.57. The number of nitrogens with one attached hydrogen (secondary N) is 1. The van der Waals surface area contributed by atoms with E-state index in [0.717, 1.165) is 28.9 Å². The summed E-state index contributed by atoms with van der Waals surface area (Å²) in [5.74, 6) is 0.436. The molecule has 0 radical (unpaired) electrons. The van der Waals surface area contributed by atoms with Crippen LogP contribution in [-0.2, 0) is 0 Å². The molecule has 26 heavy (non-hydrogen) atoms. The Kier molecular flexibility index (Phi) is 5.02. The number of nitrogens with two attached hydrogens (primary N) is 1. The second-order valence-corrected chi connectivity index (χ2v) is 6.12. The summed E-state index contributed by atoms with van der Waals surface area (Å²) in [5.41, 5.74) is 10.2. The number of carbonyl (C=O) groups excluding carboxylic acids is 1. The third-order valence-corrected chi connectivity index (χ3v) is 4.23.